The van der Waals surface area contributed by atoms with Gasteiger partial charge >= 0.3 is 0 Å². The van der Waals surface area contributed by atoms with E-state index in [-0.39, 0.29) is 0 Å². The molecule has 19 heavy (non-hydrogen) atoms. The third-order valence-corrected chi connectivity index (χ3v) is 2.91. The SMILES string of the molecule is c1ccc(-c2cnc(CNCc3ccoc3)[nH]2)cc1. The summed E-state index contributed by atoms with van der Waals surface area (Å²) in [5.41, 5.74) is 3.33. The lowest BCUT2D eigenvalue weighted by Gasteiger charge is -2.00. The fourth-order valence-corrected chi connectivity index (χ4v) is 1.94. The van der Waals surface area contributed by atoms with Crippen molar-refractivity contribution in [1.82, 2.24) is 15.3 Å². The van der Waals surface area contributed by atoms with Crippen molar-refractivity contribution in [3.05, 3.63) is 66.5 Å². The highest BCUT2D eigenvalue weighted by Crippen LogP contribution is 2.15. The fraction of sp³-hybridized carbons (Fsp3) is 0.133. The molecule has 0 aliphatic heterocycles. The van der Waals surface area contributed by atoms with E-state index in [1.54, 1.807) is 12.5 Å². The molecule has 4 heteroatoms. The second-order valence-corrected chi connectivity index (χ2v) is 4.34. The number of hydrogen-bond donors (Lipinski definition) is 2. The molecular formula is C15H15N3O. The zero-order valence-electron chi connectivity index (χ0n) is 10.5. The lowest BCUT2D eigenvalue weighted by Crippen LogP contribution is -2.13. The number of hydrogen-bond acceptors (Lipinski definition) is 3. The minimum absolute atomic E-state index is 0.706. The second kappa shape index (κ2) is 5.54. The Morgan fingerprint density at radius 2 is 2.00 bits per heavy atom. The summed E-state index contributed by atoms with van der Waals surface area (Å²) in [7, 11) is 0. The van der Waals surface area contributed by atoms with Crippen molar-refractivity contribution >= 4 is 0 Å². The number of furan rings is 1. The van der Waals surface area contributed by atoms with Crippen molar-refractivity contribution in [2.24, 2.45) is 0 Å². The Hall–Kier alpha value is -2.33. The first-order valence-corrected chi connectivity index (χ1v) is 6.23. The van der Waals surface area contributed by atoms with Crippen LogP contribution in [-0.2, 0) is 13.1 Å². The third-order valence-electron chi connectivity index (χ3n) is 2.91. The number of nitrogens with one attached hydrogen (secondary N) is 2. The van der Waals surface area contributed by atoms with E-state index in [1.807, 2.05) is 30.5 Å². The van der Waals surface area contributed by atoms with Crippen LogP contribution in [0.3, 0.4) is 0 Å². The Labute approximate surface area is 111 Å². The summed E-state index contributed by atoms with van der Waals surface area (Å²) in [6.07, 6.45) is 5.28. The zero-order chi connectivity index (χ0) is 12.9. The molecule has 2 N–H and O–H groups in total. The van der Waals surface area contributed by atoms with Crippen molar-refractivity contribution in [2.45, 2.75) is 13.1 Å². The van der Waals surface area contributed by atoms with E-state index < -0.39 is 0 Å². The first kappa shape index (κ1) is 11.7. The van der Waals surface area contributed by atoms with Gasteiger partial charge in [0, 0.05) is 12.1 Å². The van der Waals surface area contributed by atoms with Gasteiger partial charge in [0.2, 0.25) is 0 Å². The summed E-state index contributed by atoms with van der Waals surface area (Å²) in [6, 6.07) is 12.1. The predicted molar refractivity (Wildman–Crippen MR) is 73.3 cm³/mol. The molecule has 3 aromatic rings. The lowest BCUT2D eigenvalue weighted by molar-refractivity contribution is 0.559. The van der Waals surface area contributed by atoms with Crippen molar-refractivity contribution < 1.29 is 4.42 Å². The molecule has 0 unspecified atom stereocenters. The van der Waals surface area contributed by atoms with Gasteiger partial charge in [-0.05, 0) is 11.6 Å². The second-order valence-electron chi connectivity index (χ2n) is 4.34. The monoisotopic (exact) mass is 253 g/mol. The molecular weight excluding hydrogens is 238 g/mol. The Bertz CT molecular complexity index is 614. The highest BCUT2D eigenvalue weighted by Gasteiger charge is 2.02. The number of benzene rings is 1. The maximum absolute atomic E-state index is 5.02. The summed E-state index contributed by atoms with van der Waals surface area (Å²) in [6.45, 7) is 1.48. The van der Waals surface area contributed by atoms with Crippen molar-refractivity contribution in [3.8, 4) is 11.3 Å². The Morgan fingerprint density at radius 3 is 2.79 bits per heavy atom. The summed E-state index contributed by atoms with van der Waals surface area (Å²) in [5, 5.41) is 3.32. The number of H-pyrrole nitrogens is 1. The molecule has 0 spiro atoms. The highest BCUT2D eigenvalue weighted by molar-refractivity contribution is 5.57. The quantitative estimate of drug-likeness (QED) is 0.735. The molecule has 0 aliphatic carbocycles. The molecule has 3 rings (SSSR count). The topological polar surface area (TPSA) is 53.9 Å². The Kier molecular flexibility index (Phi) is 3.42. The molecule has 0 radical (unpaired) electrons. The summed E-state index contributed by atoms with van der Waals surface area (Å²) in [4.78, 5) is 7.68. The molecule has 96 valence electrons. The van der Waals surface area contributed by atoms with Gasteiger partial charge in [-0.15, -0.1) is 0 Å². The van der Waals surface area contributed by atoms with Crippen molar-refractivity contribution in [3.63, 3.8) is 0 Å². The highest BCUT2D eigenvalue weighted by atomic mass is 16.3. The third kappa shape index (κ3) is 2.92. The van der Waals surface area contributed by atoms with Crippen LogP contribution in [0.25, 0.3) is 11.3 Å². The van der Waals surface area contributed by atoms with E-state index in [4.69, 9.17) is 4.42 Å². The van der Waals surface area contributed by atoms with Gasteiger partial charge in [-0.2, -0.15) is 0 Å². The molecule has 0 fully saturated rings. The summed E-state index contributed by atoms with van der Waals surface area (Å²) >= 11 is 0. The molecule has 1 aromatic carbocycles. The van der Waals surface area contributed by atoms with Crippen LogP contribution in [0.4, 0.5) is 0 Å². The van der Waals surface area contributed by atoms with Crippen LogP contribution in [0.5, 0.6) is 0 Å². The summed E-state index contributed by atoms with van der Waals surface area (Å²) in [5.74, 6) is 0.933. The minimum Gasteiger partial charge on any atom is -0.472 e. The van der Waals surface area contributed by atoms with Crippen LogP contribution in [-0.4, -0.2) is 9.97 Å². The average molecular weight is 253 g/mol. The van der Waals surface area contributed by atoms with E-state index >= 15 is 0 Å². The van der Waals surface area contributed by atoms with E-state index in [0.29, 0.717) is 6.54 Å². The van der Waals surface area contributed by atoms with Gasteiger partial charge in [-0.3, -0.25) is 0 Å². The maximum atomic E-state index is 5.02. The van der Waals surface area contributed by atoms with Gasteiger partial charge in [0.1, 0.15) is 5.82 Å². The summed E-state index contributed by atoms with van der Waals surface area (Å²) < 4.78 is 5.02. The first-order chi connectivity index (χ1) is 9.42. The normalized spacial score (nSPS) is 10.7. The Balaban J connectivity index is 1.59. The minimum atomic E-state index is 0.706. The van der Waals surface area contributed by atoms with Crippen molar-refractivity contribution in [2.75, 3.05) is 0 Å². The standard InChI is InChI=1S/C15H15N3O/c1-2-4-13(5-3-1)14-9-17-15(18-14)10-16-8-12-6-7-19-11-12/h1-7,9,11,16H,8,10H2,(H,17,18). The molecule has 4 nitrogen and oxygen atoms in total. The zero-order valence-corrected chi connectivity index (χ0v) is 10.5. The van der Waals surface area contributed by atoms with Gasteiger partial charge in [0.05, 0.1) is 31.0 Å². The number of aromatic amines is 1. The smallest absolute Gasteiger partial charge is 0.120 e. The van der Waals surface area contributed by atoms with Crippen LogP contribution in [0.2, 0.25) is 0 Å². The number of nitrogens with zero attached hydrogens (tertiary/aromatic N) is 1. The van der Waals surface area contributed by atoms with E-state index in [9.17, 15) is 0 Å². The van der Waals surface area contributed by atoms with E-state index in [2.05, 4.69) is 27.4 Å². The number of rotatable bonds is 5. The number of aromatic nitrogens is 2. The first-order valence-electron chi connectivity index (χ1n) is 6.23. The average Bonchev–Trinajstić information content (AvgIpc) is 3.11. The molecule has 0 amide bonds. The molecule has 0 saturated carbocycles. The van der Waals surface area contributed by atoms with Crippen molar-refractivity contribution in [1.29, 1.82) is 0 Å². The van der Waals surface area contributed by atoms with Crippen LogP contribution in [0.15, 0.2) is 59.5 Å². The van der Waals surface area contributed by atoms with Gasteiger partial charge in [-0.25, -0.2) is 4.98 Å². The molecule has 0 bridgehead atoms. The molecule has 0 saturated heterocycles. The van der Waals surface area contributed by atoms with E-state index in [1.165, 1.54) is 0 Å². The van der Waals surface area contributed by atoms with Gasteiger partial charge in [-0.1, -0.05) is 30.3 Å². The number of imidazole rings is 1. The Morgan fingerprint density at radius 1 is 1.11 bits per heavy atom. The maximum Gasteiger partial charge on any atom is 0.120 e. The van der Waals surface area contributed by atoms with Crippen LogP contribution in [0, 0.1) is 0 Å². The van der Waals surface area contributed by atoms with Crippen LogP contribution >= 0.6 is 0 Å². The fourth-order valence-electron chi connectivity index (χ4n) is 1.94. The van der Waals surface area contributed by atoms with E-state index in [0.717, 1.165) is 29.2 Å². The predicted octanol–water partition coefficient (Wildman–Crippen LogP) is 2.96. The molecule has 0 aliphatic rings. The molecule has 2 heterocycles. The van der Waals surface area contributed by atoms with Gasteiger partial charge < -0.3 is 14.7 Å². The lowest BCUT2D eigenvalue weighted by atomic mass is 10.2. The van der Waals surface area contributed by atoms with Gasteiger partial charge in [0.15, 0.2) is 0 Å². The molecule has 2 aromatic heterocycles. The van der Waals surface area contributed by atoms with Gasteiger partial charge in [0.25, 0.3) is 0 Å². The van der Waals surface area contributed by atoms with Crippen LogP contribution < -0.4 is 5.32 Å². The molecule has 0 atom stereocenters. The van der Waals surface area contributed by atoms with Crippen LogP contribution in [0.1, 0.15) is 11.4 Å². The largest absolute Gasteiger partial charge is 0.472 e.